The molecule has 0 unspecified atom stereocenters. The van der Waals surface area contributed by atoms with Gasteiger partial charge < -0.3 is 10.3 Å². The van der Waals surface area contributed by atoms with Crippen molar-refractivity contribution in [3.8, 4) is 5.69 Å². The number of nitrogens with two attached hydrogens (primary N) is 1. The van der Waals surface area contributed by atoms with Crippen molar-refractivity contribution in [3.05, 3.63) is 46.2 Å². The van der Waals surface area contributed by atoms with Crippen LogP contribution in [0.4, 0.5) is 4.39 Å². The molecular weight excluding hydrogens is 329 g/mol. The van der Waals surface area contributed by atoms with Crippen LogP contribution >= 0.6 is 28.1 Å². The molecule has 0 atom stereocenters. The van der Waals surface area contributed by atoms with Crippen molar-refractivity contribution in [2.45, 2.75) is 19.8 Å². The summed E-state index contributed by atoms with van der Waals surface area (Å²) >= 11 is 8.09. The van der Waals surface area contributed by atoms with E-state index in [1.165, 1.54) is 0 Å². The lowest BCUT2D eigenvalue weighted by atomic mass is 10.2. The van der Waals surface area contributed by atoms with Crippen LogP contribution in [0.1, 0.15) is 24.7 Å². The molecule has 2 N–H and O–H groups in total. The van der Waals surface area contributed by atoms with Crippen molar-refractivity contribution in [2.75, 3.05) is 0 Å². The van der Waals surface area contributed by atoms with E-state index in [4.69, 9.17) is 18.0 Å². The van der Waals surface area contributed by atoms with Gasteiger partial charge in [0, 0.05) is 24.4 Å². The Kier molecular flexibility index (Phi) is 4.31. The molecule has 0 saturated heterocycles. The molecular formula is C13H13BrFN3S. The number of halogens is 2. The summed E-state index contributed by atoms with van der Waals surface area (Å²) in [7, 11) is 0. The van der Waals surface area contributed by atoms with E-state index in [-0.39, 0.29) is 15.3 Å². The molecule has 0 aliphatic heterocycles. The predicted molar refractivity (Wildman–Crippen MR) is 81.1 cm³/mol. The molecule has 2 aromatic rings. The van der Waals surface area contributed by atoms with Crippen molar-refractivity contribution in [1.82, 2.24) is 9.55 Å². The van der Waals surface area contributed by atoms with Crippen LogP contribution in [0.25, 0.3) is 5.69 Å². The summed E-state index contributed by atoms with van der Waals surface area (Å²) < 4.78 is 16.4. The van der Waals surface area contributed by atoms with Gasteiger partial charge in [0.15, 0.2) is 5.82 Å². The Balaban J connectivity index is 2.54. The van der Waals surface area contributed by atoms with Crippen molar-refractivity contribution in [3.63, 3.8) is 0 Å². The second-order valence-electron chi connectivity index (χ2n) is 4.09. The Hall–Kier alpha value is -1.27. The first-order valence-corrected chi connectivity index (χ1v) is 7.06. The van der Waals surface area contributed by atoms with Crippen LogP contribution in [0.3, 0.4) is 0 Å². The number of hydrogen-bond acceptors (Lipinski definition) is 2. The number of aromatic nitrogens is 2. The molecule has 0 radical (unpaired) electrons. The minimum Gasteiger partial charge on any atom is -0.389 e. The molecule has 1 aromatic heterocycles. The molecule has 6 heteroatoms. The van der Waals surface area contributed by atoms with Gasteiger partial charge in [0.2, 0.25) is 0 Å². The van der Waals surface area contributed by atoms with Crippen molar-refractivity contribution < 1.29 is 4.39 Å². The van der Waals surface area contributed by atoms with E-state index in [1.54, 1.807) is 29.1 Å². The topological polar surface area (TPSA) is 43.8 Å². The first-order valence-electron chi connectivity index (χ1n) is 5.86. The number of thiocarbonyl (C=S) groups is 1. The van der Waals surface area contributed by atoms with Crippen molar-refractivity contribution in [1.29, 1.82) is 0 Å². The molecule has 0 fully saturated rings. The van der Waals surface area contributed by atoms with Gasteiger partial charge >= 0.3 is 0 Å². The minimum absolute atomic E-state index is 0.164. The SMILES string of the molecule is CCCc1nccn1-c1ccc(C(N)=S)c(Br)c1F. The molecule has 2 rings (SSSR count). The van der Waals surface area contributed by atoms with Crippen LogP contribution in [0.15, 0.2) is 29.0 Å². The van der Waals surface area contributed by atoms with Gasteiger partial charge in [0.25, 0.3) is 0 Å². The van der Waals surface area contributed by atoms with Gasteiger partial charge in [-0.15, -0.1) is 0 Å². The van der Waals surface area contributed by atoms with Crippen LogP contribution in [-0.4, -0.2) is 14.5 Å². The fourth-order valence-corrected chi connectivity index (χ4v) is 2.73. The van der Waals surface area contributed by atoms with E-state index in [9.17, 15) is 4.39 Å². The number of benzene rings is 1. The van der Waals surface area contributed by atoms with E-state index in [0.29, 0.717) is 11.3 Å². The second-order valence-corrected chi connectivity index (χ2v) is 5.32. The Labute approximate surface area is 124 Å². The van der Waals surface area contributed by atoms with Gasteiger partial charge in [-0.2, -0.15) is 0 Å². The van der Waals surface area contributed by atoms with Gasteiger partial charge in [0.05, 0.1) is 10.2 Å². The smallest absolute Gasteiger partial charge is 0.162 e. The quantitative estimate of drug-likeness (QED) is 0.867. The number of hydrogen-bond donors (Lipinski definition) is 1. The summed E-state index contributed by atoms with van der Waals surface area (Å²) in [6.07, 6.45) is 5.15. The monoisotopic (exact) mass is 341 g/mol. The van der Waals surface area contributed by atoms with Crippen LogP contribution < -0.4 is 5.73 Å². The maximum Gasteiger partial charge on any atom is 0.162 e. The summed E-state index contributed by atoms with van der Waals surface area (Å²) in [5, 5.41) is 0. The maximum absolute atomic E-state index is 14.4. The van der Waals surface area contributed by atoms with Gasteiger partial charge in [-0.25, -0.2) is 9.37 Å². The van der Waals surface area contributed by atoms with Gasteiger partial charge in [-0.1, -0.05) is 19.1 Å². The van der Waals surface area contributed by atoms with E-state index in [2.05, 4.69) is 27.8 Å². The largest absolute Gasteiger partial charge is 0.389 e. The molecule has 0 saturated carbocycles. The standard InChI is InChI=1S/C13H13BrFN3S/c1-2-3-10-17-6-7-18(10)9-5-4-8(13(16)19)11(14)12(9)15/h4-7H,2-3H2,1H3,(H2,16,19). The van der Waals surface area contributed by atoms with E-state index < -0.39 is 0 Å². The highest BCUT2D eigenvalue weighted by atomic mass is 79.9. The third-order valence-corrected chi connectivity index (χ3v) is 3.77. The third-order valence-electron chi connectivity index (χ3n) is 2.78. The van der Waals surface area contributed by atoms with Gasteiger partial charge in [0.1, 0.15) is 10.8 Å². The first kappa shape index (κ1) is 14.1. The highest BCUT2D eigenvalue weighted by Crippen LogP contribution is 2.27. The van der Waals surface area contributed by atoms with E-state index in [0.717, 1.165) is 18.7 Å². The zero-order chi connectivity index (χ0) is 14.0. The van der Waals surface area contributed by atoms with Gasteiger partial charge in [-0.05, 0) is 34.5 Å². The fourth-order valence-electron chi connectivity index (χ4n) is 1.88. The van der Waals surface area contributed by atoms with Crippen LogP contribution in [-0.2, 0) is 6.42 Å². The van der Waals surface area contributed by atoms with E-state index >= 15 is 0 Å². The summed E-state index contributed by atoms with van der Waals surface area (Å²) in [5.74, 6) is 0.442. The Morgan fingerprint density at radius 1 is 1.53 bits per heavy atom. The van der Waals surface area contributed by atoms with Gasteiger partial charge in [-0.3, -0.25) is 0 Å². The molecule has 19 heavy (non-hydrogen) atoms. The predicted octanol–water partition coefficient (Wildman–Crippen LogP) is 3.36. The zero-order valence-electron chi connectivity index (χ0n) is 10.4. The lowest BCUT2D eigenvalue weighted by Gasteiger charge is -2.11. The Morgan fingerprint density at radius 3 is 2.89 bits per heavy atom. The first-order chi connectivity index (χ1) is 9.06. The van der Waals surface area contributed by atoms with Crippen LogP contribution in [0, 0.1) is 5.82 Å². The summed E-state index contributed by atoms with van der Waals surface area (Å²) in [6, 6.07) is 3.37. The molecule has 100 valence electrons. The van der Waals surface area contributed by atoms with Crippen LogP contribution in [0.5, 0.6) is 0 Å². The molecule has 1 heterocycles. The number of rotatable bonds is 4. The Bertz CT molecular complexity index is 624. The number of nitrogens with zero attached hydrogens (tertiary/aromatic N) is 2. The second kappa shape index (κ2) is 5.79. The molecule has 3 nitrogen and oxygen atoms in total. The van der Waals surface area contributed by atoms with Crippen molar-refractivity contribution >= 4 is 33.1 Å². The average molecular weight is 342 g/mol. The lowest BCUT2D eigenvalue weighted by molar-refractivity contribution is 0.607. The summed E-state index contributed by atoms with van der Waals surface area (Å²) in [4.78, 5) is 4.40. The molecule has 0 aliphatic rings. The molecule has 1 aromatic carbocycles. The molecule has 0 aliphatic carbocycles. The van der Waals surface area contributed by atoms with E-state index in [1.807, 2.05) is 0 Å². The highest BCUT2D eigenvalue weighted by molar-refractivity contribution is 9.10. The number of aryl methyl sites for hydroxylation is 1. The zero-order valence-corrected chi connectivity index (χ0v) is 12.8. The summed E-state index contributed by atoms with van der Waals surface area (Å²) in [5.41, 5.74) is 6.48. The third kappa shape index (κ3) is 2.69. The minimum atomic E-state index is -0.388. The van der Waals surface area contributed by atoms with Crippen molar-refractivity contribution in [2.24, 2.45) is 5.73 Å². The normalized spacial score (nSPS) is 10.7. The maximum atomic E-state index is 14.4. The lowest BCUT2D eigenvalue weighted by Crippen LogP contribution is -2.12. The van der Waals surface area contributed by atoms with Crippen LogP contribution in [0.2, 0.25) is 0 Å². The molecule has 0 amide bonds. The molecule has 0 spiro atoms. The Morgan fingerprint density at radius 2 is 2.26 bits per heavy atom. The number of imidazole rings is 1. The highest BCUT2D eigenvalue weighted by Gasteiger charge is 2.15. The molecule has 0 bridgehead atoms. The summed E-state index contributed by atoms with van der Waals surface area (Å²) in [6.45, 7) is 2.06. The average Bonchev–Trinajstić information content (AvgIpc) is 2.81. The fraction of sp³-hybridized carbons (Fsp3) is 0.231.